The maximum Gasteiger partial charge on any atom is 0.341 e. The number of rotatable bonds is 4. The Hall–Kier alpha value is -2.29. The Balaban J connectivity index is 1.90. The van der Waals surface area contributed by atoms with E-state index in [-0.39, 0.29) is 17.6 Å². The van der Waals surface area contributed by atoms with Gasteiger partial charge in [0.15, 0.2) is 0 Å². The van der Waals surface area contributed by atoms with E-state index >= 15 is 0 Å². The summed E-state index contributed by atoms with van der Waals surface area (Å²) < 4.78 is 20.9. The fourth-order valence-electron chi connectivity index (χ4n) is 2.25. The van der Waals surface area contributed by atoms with Crippen LogP contribution in [0.25, 0.3) is 10.8 Å². The van der Waals surface area contributed by atoms with Crippen LogP contribution < -0.4 is 5.56 Å². The minimum absolute atomic E-state index is 0.0475. The van der Waals surface area contributed by atoms with Crippen LogP contribution in [0.1, 0.15) is 15.9 Å². The van der Waals surface area contributed by atoms with Crippen molar-refractivity contribution in [1.29, 1.82) is 0 Å². The van der Waals surface area contributed by atoms with Crippen molar-refractivity contribution in [3.8, 4) is 0 Å². The highest BCUT2D eigenvalue weighted by Crippen LogP contribution is 2.17. The molecule has 24 heavy (non-hydrogen) atoms. The molecule has 0 saturated heterocycles. The minimum Gasteiger partial charge on any atom is -0.457 e. The number of nitrogens with zero attached hydrogens (tertiary/aromatic N) is 2. The highest BCUT2D eigenvalue weighted by molar-refractivity contribution is 14.1. The molecule has 0 fully saturated rings. The van der Waals surface area contributed by atoms with Crippen LogP contribution in [-0.2, 0) is 15.9 Å². The summed E-state index contributed by atoms with van der Waals surface area (Å²) in [5.74, 6) is -1.57. The Kier molecular flexibility index (Phi) is 4.89. The van der Waals surface area contributed by atoms with Crippen LogP contribution in [0.5, 0.6) is 0 Å². The number of alkyl halides is 1. The van der Waals surface area contributed by atoms with Crippen molar-refractivity contribution in [2.45, 2.75) is 11.2 Å². The van der Waals surface area contributed by atoms with Gasteiger partial charge in [0.2, 0.25) is 0 Å². The fourth-order valence-corrected chi connectivity index (χ4v) is 2.73. The van der Waals surface area contributed by atoms with Gasteiger partial charge < -0.3 is 4.74 Å². The molecule has 3 rings (SSSR count). The quantitative estimate of drug-likeness (QED) is 0.357. The summed E-state index contributed by atoms with van der Waals surface area (Å²) in [7, 11) is 0. The number of hydrogen-bond donors (Lipinski definition) is 0. The van der Waals surface area contributed by atoms with E-state index in [2.05, 4.69) is 5.10 Å². The molecule has 0 unspecified atom stereocenters. The van der Waals surface area contributed by atoms with Gasteiger partial charge in [-0.1, -0.05) is 52.9 Å². The lowest BCUT2D eigenvalue weighted by Gasteiger charge is -2.08. The predicted octanol–water partition coefficient (Wildman–Crippen LogP) is 3.29. The molecule has 0 atom stereocenters. The van der Waals surface area contributed by atoms with E-state index in [0.29, 0.717) is 9.94 Å². The molecule has 7 heteroatoms. The van der Waals surface area contributed by atoms with Crippen molar-refractivity contribution in [3.63, 3.8) is 0 Å². The second kappa shape index (κ2) is 7.08. The molecule has 2 aromatic carbocycles. The van der Waals surface area contributed by atoms with E-state index in [1.54, 1.807) is 12.1 Å². The Morgan fingerprint density at radius 2 is 2.00 bits per heavy atom. The molecule has 0 radical (unpaired) electrons. The standard InChI is InChI=1S/C17H12FIN2O3/c18-15-7-13-12(8-20-21(10-19)16(13)22)6-14(15)17(23)24-9-11-4-2-1-3-5-11/h1-8H,9-10H2. The van der Waals surface area contributed by atoms with Crippen molar-refractivity contribution in [1.82, 2.24) is 9.78 Å². The first-order valence-corrected chi connectivity index (χ1v) is 8.59. The number of carbonyl (C=O) groups is 1. The second-order valence-electron chi connectivity index (χ2n) is 5.05. The van der Waals surface area contributed by atoms with E-state index in [1.165, 1.54) is 16.9 Å². The summed E-state index contributed by atoms with van der Waals surface area (Å²) in [5, 5.41) is 4.55. The highest BCUT2D eigenvalue weighted by atomic mass is 127. The van der Waals surface area contributed by atoms with Crippen LogP contribution in [0.4, 0.5) is 4.39 Å². The highest BCUT2D eigenvalue weighted by Gasteiger charge is 2.16. The molecule has 0 aliphatic heterocycles. The Morgan fingerprint density at radius 1 is 1.25 bits per heavy atom. The maximum absolute atomic E-state index is 14.2. The zero-order chi connectivity index (χ0) is 17.1. The molecule has 0 amide bonds. The van der Waals surface area contributed by atoms with E-state index in [0.717, 1.165) is 11.6 Å². The normalized spacial score (nSPS) is 10.8. The average Bonchev–Trinajstić information content (AvgIpc) is 2.61. The van der Waals surface area contributed by atoms with E-state index < -0.39 is 17.3 Å². The molecule has 3 aromatic rings. The third-order valence-electron chi connectivity index (χ3n) is 3.49. The molecular weight excluding hydrogens is 426 g/mol. The van der Waals surface area contributed by atoms with Gasteiger partial charge in [0.1, 0.15) is 12.4 Å². The molecule has 0 N–H and O–H groups in total. The first kappa shape index (κ1) is 16.6. The summed E-state index contributed by atoms with van der Waals surface area (Å²) in [6.45, 7) is 0.0475. The van der Waals surface area contributed by atoms with Gasteiger partial charge in [0, 0.05) is 5.39 Å². The van der Waals surface area contributed by atoms with Gasteiger partial charge in [-0.2, -0.15) is 5.10 Å². The molecule has 5 nitrogen and oxygen atoms in total. The zero-order valence-electron chi connectivity index (χ0n) is 12.4. The monoisotopic (exact) mass is 438 g/mol. The third-order valence-corrected chi connectivity index (χ3v) is 4.13. The smallest absolute Gasteiger partial charge is 0.341 e. The molecule has 122 valence electrons. The number of aromatic nitrogens is 2. The zero-order valence-corrected chi connectivity index (χ0v) is 14.6. The third kappa shape index (κ3) is 3.30. The average molecular weight is 438 g/mol. The van der Waals surface area contributed by atoms with Crippen molar-refractivity contribution >= 4 is 39.3 Å². The number of esters is 1. The lowest BCUT2D eigenvalue weighted by Crippen LogP contribution is -2.21. The Morgan fingerprint density at radius 3 is 2.71 bits per heavy atom. The van der Waals surface area contributed by atoms with Crippen LogP contribution in [0.2, 0.25) is 0 Å². The second-order valence-corrected chi connectivity index (χ2v) is 5.73. The SMILES string of the molecule is O=C(OCc1ccccc1)c1cc2cnn(CI)c(=O)c2cc1F. The largest absolute Gasteiger partial charge is 0.457 e. The van der Waals surface area contributed by atoms with Gasteiger partial charge in [0.05, 0.1) is 21.7 Å². The van der Waals surface area contributed by atoms with Crippen molar-refractivity contribution in [2.75, 3.05) is 0 Å². The minimum atomic E-state index is -0.788. The molecule has 1 heterocycles. The van der Waals surface area contributed by atoms with Crippen molar-refractivity contribution in [3.05, 3.63) is 76.0 Å². The lowest BCUT2D eigenvalue weighted by molar-refractivity contribution is 0.0467. The van der Waals surface area contributed by atoms with Crippen molar-refractivity contribution < 1.29 is 13.9 Å². The van der Waals surface area contributed by atoms with E-state index in [1.807, 2.05) is 40.8 Å². The summed E-state index contributed by atoms with van der Waals surface area (Å²) in [6, 6.07) is 11.5. The van der Waals surface area contributed by atoms with Gasteiger partial charge in [-0.15, -0.1) is 0 Å². The van der Waals surface area contributed by atoms with Gasteiger partial charge in [-0.3, -0.25) is 4.79 Å². The van der Waals surface area contributed by atoms with Gasteiger partial charge in [-0.25, -0.2) is 13.9 Å². The molecule has 0 aliphatic carbocycles. The first-order valence-electron chi connectivity index (χ1n) is 7.06. The number of hydrogen-bond acceptors (Lipinski definition) is 4. The van der Waals surface area contributed by atoms with Gasteiger partial charge in [0.25, 0.3) is 5.56 Å². The summed E-state index contributed by atoms with van der Waals surface area (Å²) >= 11 is 1.99. The Labute approximate surface area is 150 Å². The first-order chi connectivity index (χ1) is 11.6. The van der Waals surface area contributed by atoms with Crippen LogP contribution >= 0.6 is 22.6 Å². The number of ether oxygens (including phenoxy) is 1. The van der Waals surface area contributed by atoms with Gasteiger partial charge >= 0.3 is 5.97 Å². The number of carbonyl (C=O) groups excluding carboxylic acids is 1. The van der Waals surface area contributed by atoms with Crippen LogP contribution in [0.3, 0.4) is 0 Å². The van der Waals surface area contributed by atoms with Crippen LogP contribution in [0.15, 0.2) is 53.5 Å². The summed E-state index contributed by atoms with van der Waals surface area (Å²) in [6.07, 6.45) is 1.43. The Bertz CT molecular complexity index is 957. The topological polar surface area (TPSA) is 61.2 Å². The fraction of sp³-hybridized carbons (Fsp3) is 0.118. The molecule has 1 aromatic heterocycles. The molecule has 0 bridgehead atoms. The number of benzene rings is 2. The summed E-state index contributed by atoms with van der Waals surface area (Å²) in [5.41, 5.74) is 0.190. The van der Waals surface area contributed by atoms with Crippen LogP contribution in [0, 0.1) is 5.82 Å². The van der Waals surface area contributed by atoms with Crippen LogP contribution in [-0.4, -0.2) is 15.7 Å². The van der Waals surface area contributed by atoms with E-state index in [4.69, 9.17) is 4.74 Å². The summed E-state index contributed by atoms with van der Waals surface area (Å²) in [4.78, 5) is 24.2. The van der Waals surface area contributed by atoms with E-state index in [9.17, 15) is 14.0 Å². The maximum atomic E-state index is 14.2. The molecule has 0 aliphatic rings. The molecule has 0 spiro atoms. The number of fused-ring (bicyclic) bond motifs is 1. The number of halogens is 2. The molecular formula is C17H12FIN2O3. The predicted molar refractivity (Wildman–Crippen MR) is 95.5 cm³/mol. The van der Waals surface area contributed by atoms with Gasteiger partial charge in [-0.05, 0) is 17.7 Å². The molecule has 0 saturated carbocycles. The van der Waals surface area contributed by atoms with Crippen molar-refractivity contribution in [2.24, 2.45) is 0 Å². The lowest BCUT2D eigenvalue weighted by atomic mass is 10.1.